The number of nitro groups is 1. The van der Waals surface area contributed by atoms with Crippen molar-refractivity contribution in [3.8, 4) is 0 Å². The number of nitrogens with one attached hydrogen (secondary N) is 2. The molecule has 0 aromatic heterocycles. The summed E-state index contributed by atoms with van der Waals surface area (Å²) in [5.74, 6) is -0.538. The zero-order valence-corrected chi connectivity index (χ0v) is 16.5. The maximum atomic E-state index is 12.7. The third-order valence-electron chi connectivity index (χ3n) is 4.72. The van der Waals surface area contributed by atoms with Gasteiger partial charge in [0.1, 0.15) is 5.69 Å². The van der Waals surface area contributed by atoms with Crippen LogP contribution >= 0.6 is 0 Å². The highest BCUT2D eigenvalue weighted by Gasteiger charge is 2.23. The first-order valence-electron chi connectivity index (χ1n) is 9.58. The maximum absolute atomic E-state index is 12.7. The van der Waals surface area contributed by atoms with Gasteiger partial charge in [-0.1, -0.05) is 18.2 Å². The van der Waals surface area contributed by atoms with Crippen LogP contribution in [-0.4, -0.2) is 35.9 Å². The number of hydrogen-bond acceptors (Lipinski definition) is 5. The summed E-state index contributed by atoms with van der Waals surface area (Å²) in [6.07, 6.45) is 1.81. The normalized spacial score (nSPS) is 13.0. The molecule has 3 rings (SSSR count). The first-order chi connectivity index (χ1) is 13.9. The van der Waals surface area contributed by atoms with Gasteiger partial charge in [0, 0.05) is 29.9 Å². The summed E-state index contributed by atoms with van der Waals surface area (Å²) in [6, 6.07) is 11.9. The van der Waals surface area contributed by atoms with Gasteiger partial charge in [0.05, 0.1) is 11.5 Å². The number of aryl methyl sites for hydroxylation is 1. The minimum Gasteiger partial charge on any atom is -0.371 e. The van der Waals surface area contributed by atoms with Gasteiger partial charge in [-0.05, 0) is 50.5 Å². The lowest BCUT2D eigenvalue weighted by Gasteiger charge is -2.29. The highest BCUT2D eigenvalue weighted by atomic mass is 16.6. The van der Waals surface area contributed by atoms with E-state index in [0.29, 0.717) is 6.54 Å². The summed E-state index contributed by atoms with van der Waals surface area (Å²) in [6.45, 7) is 4.17. The van der Waals surface area contributed by atoms with Gasteiger partial charge >= 0.3 is 0 Å². The molecular formula is C21H24N4O4. The van der Waals surface area contributed by atoms with Gasteiger partial charge in [-0.15, -0.1) is 0 Å². The van der Waals surface area contributed by atoms with Crippen LogP contribution in [0.5, 0.6) is 0 Å². The fourth-order valence-electron chi connectivity index (χ4n) is 3.38. The molecular weight excluding hydrogens is 372 g/mol. The van der Waals surface area contributed by atoms with E-state index >= 15 is 0 Å². The number of carbonyl (C=O) groups excluding carboxylic acids is 2. The van der Waals surface area contributed by atoms with Crippen molar-refractivity contribution >= 4 is 28.9 Å². The molecule has 152 valence electrons. The quantitative estimate of drug-likeness (QED) is 0.577. The second-order valence-electron chi connectivity index (χ2n) is 7.25. The fraction of sp³-hybridized carbons (Fsp3) is 0.333. The van der Waals surface area contributed by atoms with E-state index in [1.165, 1.54) is 18.2 Å². The number of nitrogens with zero attached hydrogens (tertiary/aromatic N) is 2. The molecule has 0 aliphatic carbocycles. The molecule has 29 heavy (non-hydrogen) atoms. The van der Waals surface area contributed by atoms with Crippen LogP contribution in [0.3, 0.4) is 0 Å². The predicted molar refractivity (Wildman–Crippen MR) is 111 cm³/mol. The highest BCUT2D eigenvalue weighted by Crippen LogP contribution is 2.28. The summed E-state index contributed by atoms with van der Waals surface area (Å²) in [5.41, 5.74) is 2.18. The van der Waals surface area contributed by atoms with Crippen molar-refractivity contribution in [1.29, 1.82) is 0 Å². The Kier molecular flexibility index (Phi) is 6.11. The van der Waals surface area contributed by atoms with Gasteiger partial charge in [-0.25, -0.2) is 0 Å². The van der Waals surface area contributed by atoms with E-state index in [-0.39, 0.29) is 41.3 Å². The molecule has 2 N–H and O–H groups in total. The average Bonchev–Trinajstić information content (AvgIpc) is 2.70. The van der Waals surface area contributed by atoms with Crippen LogP contribution in [0.2, 0.25) is 0 Å². The molecule has 0 atom stereocenters. The van der Waals surface area contributed by atoms with E-state index in [9.17, 15) is 19.7 Å². The van der Waals surface area contributed by atoms with Crippen LogP contribution in [0.1, 0.15) is 36.2 Å². The molecule has 2 amide bonds. The van der Waals surface area contributed by atoms with E-state index in [2.05, 4.69) is 10.6 Å². The van der Waals surface area contributed by atoms with Crippen molar-refractivity contribution in [2.75, 3.05) is 23.3 Å². The van der Waals surface area contributed by atoms with E-state index in [0.717, 1.165) is 24.1 Å². The zero-order valence-electron chi connectivity index (χ0n) is 16.5. The van der Waals surface area contributed by atoms with Crippen LogP contribution in [0, 0.1) is 10.1 Å². The smallest absolute Gasteiger partial charge is 0.293 e. The number of carbonyl (C=O) groups is 2. The minimum atomic E-state index is -0.560. The monoisotopic (exact) mass is 396 g/mol. The standard InChI is InChI=1S/C21H24N4O4/c1-14(2)23-21(27)16-9-10-17(19(12-16)25(28)29)22-13-20(26)24-11-5-7-15-6-3-4-8-18(15)24/h3-4,6,8-10,12,14,22H,5,7,11,13H2,1-2H3,(H,23,27). The van der Waals surface area contributed by atoms with Crippen LogP contribution < -0.4 is 15.5 Å². The number of nitro benzene ring substituents is 1. The molecule has 0 saturated heterocycles. The van der Waals surface area contributed by atoms with Gasteiger partial charge in [-0.3, -0.25) is 19.7 Å². The van der Waals surface area contributed by atoms with E-state index < -0.39 is 4.92 Å². The predicted octanol–water partition coefficient (Wildman–Crippen LogP) is 3.12. The van der Waals surface area contributed by atoms with Crippen molar-refractivity contribution in [2.45, 2.75) is 32.7 Å². The summed E-state index contributed by atoms with van der Waals surface area (Å²) in [7, 11) is 0. The third kappa shape index (κ3) is 4.71. The fourth-order valence-corrected chi connectivity index (χ4v) is 3.38. The Balaban J connectivity index is 1.74. The molecule has 0 saturated carbocycles. The first kappa shape index (κ1) is 20.3. The number of fused-ring (bicyclic) bond motifs is 1. The van der Waals surface area contributed by atoms with Gasteiger partial charge < -0.3 is 15.5 Å². The van der Waals surface area contributed by atoms with Crippen molar-refractivity contribution in [3.05, 3.63) is 63.7 Å². The molecule has 2 aromatic carbocycles. The summed E-state index contributed by atoms with van der Waals surface area (Å²) in [5, 5.41) is 17.0. The Morgan fingerprint density at radius 1 is 1.21 bits per heavy atom. The lowest BCUT2D eigenvalue weighted by molar-refractivity contribution is -0.384. The Labute approximate surface area is 169 Å². The molecule has 1 heterocycles. The van der Waals surface area contributed by atoms with E-state index in [4.69, 9.17) is 0 Å². The van der Waals surface area contributed by atoms with E-state index in [1.807, 2.05) is 38.1 Å². The Bertz CT molecular complexity index is 942. The van der Waals surface area contributed by atoms with Gasteiger partial charge in [0.15, 0.2) is 0 Å². The average molecular weight is 396 g/mol. The molecule has 0 unspecified atom stereocenters. The molecule has 0 radical (unpaired) electrons. The number of amides is 2. The zero-order chi connectivity index (χ0) is 21.0. The third-order valence-corrected chi connectivity index (χ3v) is 4.72. The topological polar surface area (TPSA) is 105 Å². The lowest BCUT2D eigenvalue weighted by Crippen LogP contribution is -2.39. The minimum absolute atomic E-state index is 0.0767. The van der Waals surface area contributed by atoms with Crippen molar-refractivity contribution in [3.63, 3.8) is 0 Å². The Hall–Kier alpha value is -3.42. The van der Waals surface area contributed by atoms with E-state index in [1.54, 1.807) is 4.90 Å². The molecule has 8 heteroatoms. The largest absolute Gasteiger partial charge is 0.371 e. The number of benzene rings is 2. The highest BCUT2D eigenvalue weighted by molar-refractivity contribution is 5.98. The second kappa shape index (κ2) is 8.72. The van der Waals surface area contributed by atoms with Crippen LogP contribution in [0.25, 0.3) is 0 Å². The van der Waals surface area contributed by atoms with Gasteiger partial charge in [0.25, 0.3) is 11.6 Å². The van der Waals surface area contributed by atoms with Crippen LogP contribution in [0.15, 0.2) is 42.5 Å². The van der Waals surface area contributed by atoms with Gasteiger partial charge in [-0.2, -0.15) is 0 Å². The van der Waals surface area contributed by atoms with Crippen molar-refractivity contribution in [1.82, 2.24) is 5.32 Å². The SMILES string of the molecule is CC(C)NC(=O)c1ccc(NCC(=O)N2CCCc3ccccc32)c([N+](=O)[O-])c1. The maximum Gasteiger partial charge on any atom is 0.293 e. The van der Waals surface area contributed by atoms with Crippen LogP contribution in [-0.2, 0) is 11.2 Å². The summed E-state index contributed by atoms with van der Waals surface area (Å²) in [4.78, 5) is 37.5. The van der Waals surface area contributed by atoms with Crippen molar-refractivity contribution < 1.29 is 14.5 Å². The first-order valence-corrected chi connectivity index (χ1v) is 9.58. The van der Waals surface area contributed by atoms with Crippen molar-refractivity contribution in [2.24, 2.45) is 0 Å². The number of hydrogen-bond donors (Lipinski definition) is 2. The molecule has 8 nitrogen and oxygen atoms in total. The molecule has 0 fully saturated rings. The molecule has 1 aliphatic heterocycles. The molecule has 0 bridgehead atoms. The lowest BCUT2D eigenvalue weighted by atomic mass is 10.0. The molecule has 2 aromatic rings. The molecule has 1 aliphatic rings. The van der Waals surface area contributed by atoms with Gasteiger partial charge in [0.2, 0.25) is 5.91 Å². The summed E-state index contributed by atoms with van der Waals surface area (Å²) >= 11 is 0. The number of rotatable bonds is 6. The second-order valence-corrected chi connectivity index (χ2v) is 7.25. The number of anilines is 2. The Morgan fingerprint density at radius 2 is 1.97 bits per heavy atom. The van der Waals surface area contributed by atoms with Crippen LogP contribution in [0.4, 0.5) is 17.1 Å². The number of para-hydroxylation sites is 1. The summed E-state index contributed by atoms with van der Waals surface area (Å²) < 4.78 is 0. The Morgan fingerprint density at radius 3 is 2.69 bits per heavy atom. The molecule has 0 spiro atoms.